The molecule has 0 N–H and O–H groups in total. The van der Waals surface area contributed by atoms with Gasteiger partial charge < -0.3 is 33.3 Å². The van der Waals surface area contributed by atoms with Crippen molar-refractivity contribution in [3.63, 3.8) is 0 Å². The molecule has 446 valence electrons. The number of aliphatic carboxylic acids is 1. The molecule has 0 rings (SSSR count). The van der Waals surface area contributed by atoms with E-state index in [9.17, 15) is 19.5 Å². The molecule has 0 bridgehead atoms. The third-order valence-corrected chi connectivity index (χ3v) is 12.6. The first kappa shape index (κ1) is 74.2. The number of allylic oxidation sites excluding steroid dienone is 24. The molecular formula is C70H113NO8. The fourth-order valence-electron chi connectivity index (χ4n) is 7.90. The number of carboxylic acids is 1. The zero-order valence-corrected chi connectivity index (χ0v) is 50.7. The average molecular weight is 1100 g/mol. The predicted octanol–water partition coefficient (Wildman–Crippen LogP) is 17.5. The van der Waals surface area contributed by atoms with Crippen LogP contribution in [0.4, 0.5) is 0 Å². The summed E-state index contributed by atoms with van der Waals surface area (Å²) < 4.78 is 22.7. The van der Waals surface area contributed by atoms with Gasteiger partial charge in [0.05, 0.1) is 40.3 Å². The third-order valence-electron chi connectivity index (χ3n) is 12.6. The molecule has 0 saturated heterocycles. The van der Waals surface area contributed by atoms with E-state index in [0.717, 1.165) is 135 Å². The molecule has 0 amide bonds. The van der Waals surface area contributed by atoms with Gasteiger partial charge in [-0.1, -0.05) is 237 Å². The van der Waals surface area contributed by atoms with Gasteiger partial charge in [0.25, 0.3) is 0 Å². The third kappa shape index (κ3) is 60.7. The lowest BCUT2D eigenvalue weighted by Gasteiger charge is -2.26. The fraction of sp³-hybridized carbons (Fsp3) is 0.614. The number of carbonyl (C=O) groups excluding carboxylic acids is 3. The summed E-state index contributed by atoms with van der Waals surface area (Å²) in [4.78, 5) is 37.4. The molecule has 0 radical (unpaired) electrons. The van der Waals surface area contributed by atoms with Crippen molar-refractivity contribution in [3.8, 4) is 0 Å². The van der Waals surface area contributed by atoms with E-state index in [0.29, 0.717) is 17.4 Å². The van der Waals surface area contributed by atoms with Gasteiger partial charge in [-0.3, -0.25) is 9.59 Å². The Kier molecular flexibility index (Phi) is 55.7. The quantitative estimate of drug-likeness (QED) is 0.0195. The molecule has 9 heteroatoms. The van der Waals surface area contributed by atoms with E-state index in [2.05, 4.69) is 160 Å². The van der Waals surface area contributed by atoms with Gasteiger partial charge in [0.15, 0.2) is 12.4 Å². The minimum Gasteiger partial charge on any atom is -0.545 e. The van der Waals surface area contributed by atoms with Crippen LogP contribution in [-0.4, -0.2) is 82.3 Å². The summed E-state index contributed by atoms with van der Waals surface area (Å²) in [7, 11) is 5.91. The van der Waals surface area contributed by atoms with Crippen LogP contribution in [0.15, 0.2) is 146 Å². The van der Waals surface area contributed by atoms with Crippen molar-refractivity contribution >= 4 is 17.9 Å². The monoisotopic (exact) mass is 1100 g/mol. The molecule has 0 aromatic heterocycles. The molecule has 0 spiro atoms. The highest BCUT2D eigenvalue weighted by Crippen LogP contribution is 2.14. The highest BCUT2D eigenvalue weighted by atomic mass is 16.7. The van der Waals surface area contributed by atoms with Gasteiger partial charge >= 0.3 is 11.9 Å². The number of rotatable bonds is 55. The van der Waals surface area contributed by atoms with E-state index in [1.54, 1.807) is 0 Å². The van der Waals surface area contributed by atoms with Crippen LogP contribution in [0.5, 0.6) is 0 Å². The topological polar surface area (TPSA) is 111 Å². The van der Waals surface area contributed by atoms with Crippen LogP contribution in [0.1, 0.15) is 219 Å². The minimum absolute atomic E-state index is 0.136. The van der Waals surface area contributed by atoms with Crippen LogP contribution in [0.3, 0.4) is 0 Å². The molecular weight excluding hydrogens is 983 g/mol. The second kappa shape index (κ2) is 59.3. The van der Waals surface area contributed by atoms with Crippen molar-refractivity contribution in [1.29, 1.82) is 0 Å². The second-order valence-electron chi connectivity index (χ2n) is 21.2. The molecule has 9 nitrogen and oxygen atoms in total. The zero-order valence-electron chi connectivity index (χ0n) is 50.7. The van der Waals surface area contributed by atoms with Gasteiger partial charge in [-0.15, -0.1) is 0 Å². The molecule has 0 heterocycles. The first-order valence-corrected chi connectivity index (χ1v) is 31.0. The van der Waals surface area contributed by atoms with Gasteiger partial charge in [0.2, 0.25) is 0 Å². The van der Waals surface area contributed by atoms with Crippen molar-refractivity contribution in [1.82, 2.24) is 0 Å². The van der Waals surface area contributed by atoms with E-state index in [1.165, 1.54) is 51.4 Å². The zero-order chi connectivity index (χ0) is 57.6. The molecule has 0 saturated carbocycles. The normalized spacial score (nSPS) is 13.8. The Labute approximate surface area is 483 Å². The van der Waals surface area contributed by atoms with Gasteiger partial charge in [-0.05, 0) is 116 Å². The second-order valence-corrected chi connectivity index (χ2v) is 21.2. The lowest BCUT2D eigenvalue weighted by Crippen LogP contribution is -2.44. The molecule has 0 aromatic rings. The van der Waals surface area contributed by atoms with Crippen LogP contribution >= 0.6 is 0 Å². The van der Waals surface area contributed by atoms with Crippen molar-refractivity contribution in [3.05, 3.63) is 146 Å². The maximum atomic E-state index is 12.9. The first-order valence-electron chi connectivity index (χ1n) is 31.0. The van der Waals surface area contributed by atoms with Gasteiger partial charge in [-0.2, -0.15) is 0 Å². The van der Waals surface area contributed by atoms with Crippen molar-refractivity contribution in [2.24, 2.45) is 0 Å². The summed E-state index contributed by atoms with van der Waals surface area (Å²) in [6, 6.07) is 0. The largest absolute Gasteiger partial charge is 0.545 e. The lowest BCUT2D eigenvalue weighted by molar-refractivity contribution is -0.870. The molecule has 0 aliphatic heterocycles. The Hall–Kier alpha value is -4.83. The number of unbranched alkanes of at least 4 members (excludes halogenated alkanes) is 16. The highest BCUT2D eigenvalue weighted by Gasteiger charge is 2.22. The molecule has 2 atom stereocenters. The maximum Gasteiger partial charge on any atom is 0.306 e. The minimum atomic E-state index is -1.64. The molecule has 0 fully saturated rings. The van der Waals surface area contributed by atoms with Crippen molar-refractivity contribution < 1.29 is 42.9 Å². The van der Waals surface area contributed by atoms with E-state index in [-0.39, 0.29) is 38.6 Å². The summed E-state index contributed by atoms with van der Waals surface area (Å²) in [5.74, 6) is -2.32. The molecule has 79 heavy (non-hydrogen) atoms. The molecule has 0 aliphatic carbocycles. The first-order chi connectivity index (χ1) is 38.6. The smallest absolute Gasteiger partial charge is 0.306 e. The Balaban J connectivity index is 4.30. The summed E-state index contributed by atoms with van der Waals surface area (Å²) >= 11 is 0. The van der Waals surface area contributed by atoms with Crippen LogP contribution < -0.4 is 5.11 Å². The number of hydrogen-bond acceptors (Lipinski definition) is 8. The van der Waals surface area contributed by atoms with Crippen molar-refractivity contribution in [2.75, 3.05) is 47.5 Å². The Morgan fingerprint density at radius 1 is 0.380 bits per heavy atom. The van der Waals surface area contributed by atoms with Crippen molar-refractivity contribution in [2.45, 2.75) is 232 Å². The van der Waals surface area contributed by atoms with E-state index in [1.807, 2.05) is 21.1 Å². The summed E-state index contributed by atoms with van der Waals surface area (Å²) in [5, 5.41) is 11.8. The molecule has 0 aromatic carbocycles. The lowest BCUT2D eigenvalue weighted by atomic mass is 10.1. The van der Waals surface area contributed by atoms with Gasteiger partial charge in [0.1, 0.15) is 13.2 Å². The number of ether oxygens (including phenoxy) is 4. The van der Waals surface area contributed by atoms with E-state index < -0.39 is 24.3 Å². The van der Waals surface area contributed by atoms with Gasteiger partial charge in [0, 0.05) is 12.8 Å². The average Bonchev–Trinajstić information content (AvgIpc) is 3.42. The van der Waals surface area contributed by atoms with Crippen LogP contribution in [0.25, 0.3) is 0 Å². The van der Waals surface area contributed by atoms with Crippen LogP contribution in [0, 0.1) is 0 Å². The SMILES string of the molecule is CC/C=C\C/C=C\C/C=C\C/C=C\C/C=C\C/C=C\CCCCCCCCCCC(=O)OCC(COC(OCC[N+](C)(C)C)C(=O)[O-])OC(=O)CCCCCCCCCC/C=C\C/C=C\C/C=C\C/C=C\C/C=C\C/C=C\CC. The Bertz CT molecular complexity index is 1800. The van der Waals surface area contributed by atoms with E-state index >= 15 is 0 Å². The van der Waals surface area contributed by atoms with Crippen LogP contribution in [-0.2, 0) is 33.3 Å². The molecule has 2 unspecified atom stereocenters. The standard InChI is InChI=1S/C70H113NO8/c1-6-8-10-12-14-16-18-20-22-24-26-28-30-32-34-36-38-40-42-44-46-48-50-52-54-56-58-60-67(72)77-64-66(65-78-70(69(74)75)76-63-62-71(3,4)5)79-68(73)61-59-57-55-53-51-49-47-45-43-41-39-37-35-33-31-29-27-25-23-21-19-17-15-13-11-9-7-2/h8-11,14-17,20-23,26-29,32-35,38-41,66,70H,6-7,12-13,18-19,24-25,30-31,36-37,42-65H2,1-5H3/b10-8-,11-9-,16-14-,17-15-,22-20-,23-21-,28-26-,29-27-,34-32-,35-33-,40-38-,41-39-. The number of carboxylic acid groups (broad SMARTS) is 1. The van der Waals surface area contributed by atoms with Crippen LogP contribution in [0.2, 0.25) is 0 Å². The predicted molar refractivity (Wildman–Crippen MR) is 333 cm³/mol. The Morgan fingerprint density at radius 2 is 0.684 bits per heavy atom. The number of likely N-dealkylation sites (N-methyl/N-ethyl adjacent to an activating group) is 1. The number of quaternary nitrogens is 1. The maximum absolute atomic E-state index is 12.9. The number of nitrogens with zero attached hydrogens (tertiary/aromatic N) is 1. The fourth-order valence-corrected chi connectivity index (χ4v) is 7.90. The number of esters is 2. The highest BCUT2D eigenvalue weighted by molar-refractivity contribution is 5.70. The number of carbonyl (C=O) groups is 3. The Morgan fingerprint density at radius 3 is 1.01 bits per heavy atom. The van der Waals surface area contributed by atoms with E-state index in [4.69, 9.17) is 18.9 Å². The summed E-state index contributed by atoms with van der Waals surface area (Å²) in [5.41, 5.74) is 0. The molecule has 0 aliphatic rings. The summed E-state index contributed by atoms with van der Waals surface area (Å²) in [6.45, 7) is 4.48. The summed E-state index contributed by atoms with van der Waals surface area (Å²) in [6.07, 6.45) is 83.2. The number of hydrogen-bond donors (Lipinski definition) is 0. The van der Waals surface area contributed by atoms with Gasteiger partial charge in [-0.25, -0.2) is 0 Å².